The van der Waals surface area contributed by atoms with Crippen molar-refractivity contribution in [1.29, 1.82) is 0 Å². The molecule has 25 heavy (non-hydrogen) atoms. The normalized spacial score (nSPS) is 11.0. The highest BCUT2D eigenvalue weighted by Gasteiger charge is 2.18. The van der Waals surface area contributed by atoms with E-state index in [0.717, 1.165) is 6.42 Å². The maximum atomic E-state index is 6.30. The van der Waals surface area contributed by atoms with Crippen LogP contribution in [-0.4, -0.2) is 19.5 Å². The van der Waals surface area contributed by atoms with Gasteiger partial charge < -0.3 is 10.3 Å². The zero-order valence-corrected chi connectivity index (χ0v) is 15.9. The minimum Gasteiger partial charge on any atom is -0.382 e. The zero-order valence-electron chi connectivity index (χ0n) is 12.8. The van der Waals surface area contributed by atoms with Crippen LogP contribution in [0.1, 0.15) is 12.8 Å². The van der Waals surface area contributed by atoms with Gasteiger partial charge in [-0.05, 0) is 30.3 Å². The van der Waals surface area contributed by atoms with E-state index in [1.54, 1.807) is 12.1 Å². The molecular weight excluding hydrogens is 401 g/mol. The third-order valence-corrected chi connectivity index (χ3v) is 5.56. The second-order valence-electron chi connectivity index (χ2n) is 5.09. The molecule has 2 heterocycles. The van der Waals surface area contributed by atoms with Gasteiger partial charge in [0.25, 0.3) is 0 Å². The summed E-state index contributed by atoms with van der Waals surface area (Å²) in [6.45, 7) is 0.644. The van der Waals surface area contributed by atoms with Crippen LogP contribution in [0.25, 0.3) is 11.2 Å². The van der Waals surface area contributed by atoms with Crippen LogP contribution in [0.5, 0.6) is 0 Å². The van der Waals surface area contributed by atoms with Gasteiger partial charge in [-0.3, -0.25) is 0 Å². The van der Waals surface area contributed by atoms with E-state index in [-0.39, 0.29) is 0 Å². The summed E-state index contributed by atoms with van der Waals surface area (Å²) in [6.07, 6.45) is 8.19. The average molecular weight is 413 g/mol. The molecule has 5 nitrogen and oxygen atoms in total. The van der Waals surface area contributed by atoms with Crippen LogP contribution < -0.4 is 5.73 Å². The zero-order chi connectivity index (χ0) is 18.0. The molecule has 0 aliphatic heterocycles. The van der Waals surface area contributed by atoms with E-state index in [4.69, 9.17) is 47.0 Å². The number of hydrogen-bond acceptors (Lipinski definition) is 5. The molecule has 0 unspecified atom stereocenters. The number of nitrogen functional groups attached to an aromatic ring is 1. The maximum Gasteiger partial charge on any atom is 0.175 e. The summed E-state index contributed by atoms with van der Waals surface area (Å²) in [7, 11) is 0. The molecule has 0 saturated carbocycles. The molecule has 128 valence electrons. The van der Waals surface area contributed by atoms with Crippen molar-refractivity contribution in [3.63, 3.8) is 0 Å². The van der Waals surface area contributed by atoms with E-state index in [2.05, 4.69) is 20.9 Å². The van der Waals surface area contributed by atoms with Crippen LogP contribution in [-0.2, 0) is 6.54 Å². The molecule has 0 saturated heterocycles. The van der Waals surface area contributed by atoms with Crippen molar-refractivity contribution in [2.24, 2.45) is 0 Å². The van der Waals surface area contributed by atoms with Crippen LogP contribution in [0.3, 0.4) is 0 Å². The fourth-order valence-corrected chi connectivity index (χ4v) is 4.10. The van der Waals surface area contributed by atoms with E-state index in [9.17, 15) is 0 Å². The number of terminal acetylenes is 1. The van der Waals surface area contributed by atoms with Crippen LogP contribution in [0.15, 0.2) is 28.5 Å². The number of imidazole rings is 1. The highest BCUT2D eigenvalue weighted by Crippen LogP contribution is 2.40. The highest BCUT2D eigenvalue weighted by atomic mass is 35.5. The first kappa shape index (κ1) is 18.2. The van der Waals surface area contributed by atoms with Crippen molar-refractivity contribution >= 4 is 63.5 Å². The number of nitrogens with two attached hydrogens (primary N) is 1. The Hall–Kier alpha value is -1.65. The smallest absolute Gasteiger partial charge is 0.175 e. The molecule has 0 spiro atoms. The number of hydrogen-bond donors (Lipinski definition) is 1. The van der Waals surface area contributed by atoms with E-state index < -0.39 is 0 Å². The van der Waals surface area contributed by atoms with E-state index in [1.165, 1.54) is 18.1 Å². The maximum absolute atomic E-state index is 6.30. The second kappa shape index (κ2) is 7.71. The molecular formula is C16H12Cl3N5S. The number of aromatic nitrogens is 4. The summed E-state index contributed by atoms with van der Waals surface area (Å²) < 4.78 is 1.94. The summed E-state index contributed by atoms with van der Waals surface area (Å²) in [6, 6.07) is 3.33. The quantitative estimate of drug-likeness (QED) is 0.365. The summed E-state index contributed by atoms with van der Waals surface area (Å²) in [5.41, 5.74) is 7.11. The Labute approximate surface area is 163 Å². The molecule has 9 heteroatoms. The van der Waals surface area contributed by atoms with Crippen molar-refractivity contribution in [2.45, 2.75) is 29.4 Å². The Balaban J connectivity index is 2.07. The fourth-order valence-electron chi connectivity index (χ4n) is 2.26. The molecule has 1 aromatic carbocycles. The Kier molecular flexibility index (Phi) is 5.60. The molecule has 3 aromatic rings. The number of unbranched alkanes of at least 4 members (excludes halogenated alkanes) is 1. The Morgan fingerprint density at radius 3 is 2.80 bits per heavy atom. The third-order valence-electron chi connectivity index (χ3n) is 3.39. The number of aryl methyl sites for hydroxylation is 1. The van der Waals surface area contributed by atoms with Gasteiger partial charge in [-0.25, -0.2) is 15.0 Å². The molecule has 0 amide bonds. The van der Waals surface area contributed by atoms with Crippen LogP contribution in [0, 0.1) is 12.3 Å². The summed E-state index contributed by atoms with van der Waals surface area (Å²) in [4.78, 5) is 13.6. The van der Waals surface area contributed by atoms with E-state index in [1.807, 2.05) is 4.57 Å². The number of nitrogens with zero attached hydrogens (tertiary/aromatic N) is 4. The first-order chi connectivity index (χ1) is 12.0. The van der Waals surface area contributed by atoms with Gasteiger partial charge in [-0.1, -0.05) is 34.8 Å². The number of halogens is 3. The molecule has 2 aromatic heterocycles. The van der Waals surface area contributed by atoms with Crippen molar-refractivity contribution < 1.29 is 0 Å². The van der Waals surface area contributed by atoms with Gasteiger partial charge in [0, 0.05) is 22.9 Å². The second-order valence-corrected chi connectivity index (χ2v) is 7.32. The van der Waals surface area contributed by atoms with Crippen LogP contribution in [0.2, 0.25) is 15.1 Å². The molecule has 0 atom stereocenters. The number of anilines is 1. The predicted octanol–water partition coefficient (Wildman–Crippen LogP) is 4.93. The number of benzene rings is 1. The van der Waals surface area contributed by atoms with Gasteiger partial charge in [0.05, 0.1) is 10.0 Å². The van der Waals surface area contributed by atoms with Crippen LogP contribution >= 0.6 is 46.6 Å². The van der Waals surface area contributed by atoms with E-state index >= 15 is 0 Å². The Morgan fingerprint density at radius 1 is 1.24 bits per heavy atom. The topological polar surface area (TPSA) is 69.6 Å². The summed E-state index contributed by atoms with van der Waals surface area (Å²) >= 11 is 19.8. The summed E-state index contributed by atoms with van der Waals surface area (Å²) in [5, 5.41) is 1.95. The minimum absolute atomic E-state index is 0.317. The van der Waals surface area contributed by atoms with Gasteiger partial charge in [0.1, 0.15) is 6.33 Å². The van der Waals surface area contributed by atoms with Crippen LogP contribution in [0.4, 0.5) is 5.82 Å². The number of fused-ring (bicyclic) bond motifs is 1. The lowest BCUT2D eigenvalue weighted by Gasteiger charge is -2.09. The Morgan fingerprint density at radius 2 is 2.04 bits per heavy atom. The van der Waals surface area contributed by atoms with Crippen molar-refractivity contribution in [2.75, 3.05) is 5.73 Å². The standard InChI is InChI=1S/C16H12Cl3N5S/c1-2-3-4-5-24-15-13(14(20)21-8-22-15)23-16(24)25-11-7-9(17)6-10(18)12(11)19/h1,6-8H,3-5H2,(H2,20,21,22). The Bertz CT molecular complexity index is 980. The lowest BCUT2D eigenvalue weighted by Crippen LogP contribution is -2.01. The SMILES string of the molecule is C#CCCCn1c(Sc2cc(Cl)cc(Cl)c2Cl)nc2c(N)ncnc21. The first-order valence-corrected chi connectivity index (χ1v) is 9.19. The van der Waals surface area contributed by atoms with Crippen molar-refractivity contribution in [3.05, 3.63) is 33.5 Å². The fraction of sp³-hybridized carbons (Fsp3) is 0.188. The first-order valence-electron chi connectivity index (χ1n) is 7.24. The third kappa shape index (κ3) is 3.80. The molecule has 3 rings (SSSR count). The molecule has 0 aliphatic carbocycles. The average Bonchev–Trinajstić information content (AvgIpc) is 2.92. The molecule has 0 bridgehead atoms. The van der Waals surface area contributed by atoms with Gasteiger partial charge in [-0.2, -0.15) is 0 Å². The van der Waals surface area contributed by atoms with Crippen molar-refractivity contribution in [3.8, 4) is 12.3 Å². The van der Waals surface area contributed by atoms with Gasteiger partial charge in [0.2, 0.25) is 0 Å². The lowest BCUT2D eigenvalue weighted by atomic mass is 10.3. The van der Waals surface area contributed by atoms with Gasteiger partial charge in [0.15, 0.2) is 22.1 Å². The van der Waals surface area contributed by atoms with Gasteiger partial charge >= 0.3 is 0 Å². The van der Waals surface area contributed by atoms with Gasteiger partial charge in [-0.15, -0.1) is 12.3 Å². The number of rotatable bonds is 5. The van der Waals surface area contributed by atoms with E-state index in [0.29, 0.717) is 55.1 Å². The summed E-state index contributed by atoms with van der Waals surface area (Å²) in [5.74, 6) is 2.95. The molecule has 0 aliphatic rings. The molecule has 0 radical (unpaired) electrons. The monoisotopic (exact) mass is 411 g/mol. The molecule has 0 fully saturated rings. The predicted molar refractivity (Wildman–Crippen MR) is 103 cm³/mol. The largest absolute Gasteiger partial charge is 0.382 e. The lowest BCUT2D eigenvalue weighted by molar-refractivity contribution is 0.615. The molecule has 2 N–H and O–H groups in total. The highest BCUT2D eigenvalue weighted by molar-refractivity contribution is 7.99. The van der Waals surface area contributed by atoms with Crippen molar-refractivity contribution in [1.82, 2.24) is 19.5 Å². The minimum atomic E-state index is 0.317.